The average molecular weight is 421 g/mol. The first-order chi connectivity index (χ1) is 15.2. The van der Waals surface area contributed by atoms with E-state index >= 15 is 0 Å². The van der Waals surface area contributed by atoms with E-state index in [1.807, 2.05) is 36.4 Å². The summed E-state index contributed by atoms with van der Waals surface area (Å²) in [5.74, 6) is 1.07. The molecule has 31 heavy (non-hydrogen) atoms. The van der Waals surface area contributed by atoms with Gasteiger partial charge in [-0.05, 0) is 29.8 Å². The first-order valence-electron chi connectivity index (χ1n) is 9.88. The van der Waals surface area contributed by atoms with E-state index in [1.54, 1.807) is 42.5 Å². The van der Waals surface area contributed by atoms with Crippen molar-refractivity contribution in [1.29, 1.82) is 0 Å². The predicted octanol–water partition coefficient (Wildman–Crippen LogP) is 3.94. The third-order valence-electron chi connectivity index (χ3n) is 4.00. The van der Waals surface area contributed by atoms with Gasteiger partial charge < -0.3 is 25.2 Å². The smallest absolute Gasteiger partial charge is 0.238 e. The lowest BCUT2D eigenvalue weighted by Gasteiger charge is -2.16. The van der Waals surface area contributed by atoms with Crippen LogP contribution in [0.15, 0.2) is 104 Å². The van der Waals surface area contributed by atoms with Gasteiger partial charge in [0.25, 0.3) is 0 Å². The van der Waals surface area contributed by atoms with Gasteiger partial charge in [0, 0.05) is 6.54 Å². The molecular weight excluding hydrogens is 392 g/mol. The average Bonchev–Trinajstić information content (AvgIpc) is 2.79. The van der Waals surface area contributed by atoms with E-state index in [1.165, 1.54) is 0 Å². The Morgan fingerprint density at radius 1 is 1.03 bits per heavy atom. The lowest BCUT2D eigenvalue weighted by molar-refractivity contribution is -0.115. The van der Waals surface area contributed by atoms with Crippen molar-refractivity contribution in [2.45, 2.75) is 6.61 Å². The van der Waals surface area contributed by atoms with Crippen LogP contribution >= 0.6 is 0 Å². The number of amides is 1. The van der Waals surface area contributed by atoms with Crippen LogP contribution in [0.2, 0.25) is 0 Å². The fraction of sp³-hybridized carbons (Fsp3) is 0.160. The Morgan fingerprint density at radius 2 is 1.77 bits per heavy atom. The summed E-state index contributed by atoms with van der Waals surface area (Å²) in [6, 6.07) is 16.9. The number of anilines is 1. The lowest BCUT2D eigenvalue weighted by Crippen LogP contribution is -2.30. The Hall–Kier alpha value is -3.61. The molecular formula is C25H28N2O4. The summed E-state index contributed by atoms with van der Waals surface area (Å²) in [6.07, 6.45) is 6.65. The first-order valence-corrected chi connectivity index (χ1v) is 9.88. The van der Waals surface area contributed by atoms with Crippen molar-refractivity contribution in [2.75, 3.05) is 25.0 Å². The molecule has 0 bridgehead atoms. The second-order valence-electron chi connectivity index (χ2n) is 6.35. The van der Waals surface area contributed by atoms with Gasteiger partial charge in [-0.3, -0.25) is 4.79 Å². The normalized spacial score (nSPS) is 11.5. The van der Waals surface area contributed by atoms with Crippen molar-refractivity contribution in [1.82, 2.24) is 5.32 Å². The molecule has 0 aliphatic rings. The number of ether oxygens (including phenoxy) is 2. The molecule has 6 nitrogen and oxygen atoms in total. The van der Waals surface area contributed by atoms with Gasteiger partial charge in [0.05, 0.1) is 18.8 Å². The van der Waals surface area contributed by atoms with Crippen LogP contribution in [0.3, 0.4) is 0 Å². The molecule has 1 amide bonds. The van der Waals surface area contributed by atoms with Crippen molar-refractivity contribution in [3.8, 4) is 5.75 Å². The maximum absolute atomic E-state index is 12.2. The molecule has 0 aromatic heterocycles. The van der Waals surface area contributed by atoms with Gasteiger partial charge in [-0.2, -0.15) is 0 Å². The second-order valence-corrected chi connectivity index (χ2v) is 6.35. The third kappa shape index (κ3) is 8.34. The monoisotopic (exact) mass is 420 g/mol. The Bertz CT molecular complexity index is 920. The van der Waals surface area contributed by atoms with E-state index in [0.29, 0.717) is 36.1 Å². The minimum Gasteiger partial charge on any atom is -0.485 e. The Balaban J connectivity index is 2.22. The van der Waals surface area contributed by atoms with E-state index in [4.69, 9.17) is 14.6 Å². The van der Waals surface area contributed by atoms with Gasteiger partial charge in [-0.25, -0.2) is 0 Å². The number of nitrogens with one attached hydrogen (secondary N) is 2. The van der Waals surface area contributed by atoms with Crippen LogP contribution in [0.1, 0.15) is 5.56 Å². The van der Waals surface area contributed by atoms with Crippen molar-refractivity contribution in [3.63, 3.8) is 0 Å². The molecule has 0 atom stereocenters. The summed E-state index contributed by atoms with van der Waals surface area (Å²) in [4.78, 5) is 12.2. The SMILES string of the molecule is C=C/C=C\C(Oc1ccccc1NC(=O)CNCCO)=C(/C=C)OCc1ccccc1. The molecule has 2 aromatic rings. The number of hydrogen-bond donors (Lipinski definition) is 3. The van der Waals surface area contributed by atoms with Gasteiger partial charge in [0.1, 0.15) is 6.61 Å². The van der Waals surface area contributed by atoms with E-state index in [0.717, 1.165) is 5.56 Å². The van der Waals surface area contributed by atoms with E-state index in [-0.39, 0.29) is 19.1 Å². The van der Waals surface area contributed by atoms with Gasteiger partial charge in [0.15, 0.2) is 17.3 Å². The van der Waals surface area contributed by atoms with Crippen LogP contribution in [0.4, 0.5) is 5.69 Å². The highest BCUT2D eigenvalue weighted by atomic mass is 16.5. The fourth-order valence-corrected chi connectivity index (χ4v) is 2.54. The van der Waals surface area contributed by atoms with E-state index < -0.39 is 0 Å². The number of rotatable bonds is 13. The molecule has 2 aromatic carbocycles. The number of aliphatic hydroxyl groups excluding tert-OH is 1. The summed E-state index contributed by atoms with van der Waals surface area (Å²) in [5.41, 5.74) is 1.52. The third-order valence-corrected chi connectivity index (χ3v) is 4.00. The number of aliphatic hydroxyl groups is 1. The summed E-state index contributed by atoms with van der Waals surface area (Å²) < 4.78 is 12.0. The number of carbonyl (C=O) groups is 1. The molecule has 0 unspecified atom stereocenters. The molecule has 0 spiro atoms. The Morgan fingerprint density at radius 3 is 2.48 bits per heavy atom. The van der Waals surface area contributed by atoms with Crippen LogP contribution in [0.25, 0.3) is 0 Å². The number of benzene rings is 2. The molecule has 2 rings (SSSR count). The highest BCUT2D eigenvalue weighted by Gasteiger charge is 2.12. The second kappa shape index (κ2) is 13.6. The van der Waals surface area contributed by atoms with Crippen molar-refractivity contribution < 1.29 is 19.4 Å². The van der Waals surface area contributed by atoms with Crippen molar-refractivity contribution >= 4 is 11.6 Å². The van der Waals surface area contributed by atoms with E-state index in [2.05, 4.69) is 23.8 Å². The number of para-hydroxylation sites is 2. The number of hydrogen-bond acceptors (Lipinski definition) is 5. The van der Waals surface area contributed by atoms with Gasteiger partial charge in [0.2, 0.25) is 5.91 Å². The molecule has 0 saturated carbocycles. The van der Waals surface area contributed by atoms with Gasteiger partial charge in [-0.15, -0.1) is 0 Å². The first kappa shape index (κ1) is 23.7. The van der Waals surface area contributed by atoms with E-state index in [9.17, 15) is 4.79 Å². The quantitative estimate of drug-likeness (QED) is 0.260. The number of carbonyl (C=O) groups excluding carboxylic acids is 1. The van der Waals surface area contributed by atoms with Crippen LogP contribution in [0.5, 0.6) is 5.75 Å². The number of allylic oxidation sites excluding steroid dienone is 4. The maximum Gasteiger partial charge on any atom is 0.238 e. The molecule has 0 heterocycles. The minimum atomic E-state index is -0.249. The zero-order valence-corrected chi connectivity index (χ0v) is 17.4. The molecule has 3 N–H and O–H groups in total. The Labute approximate surface area is 183 Å². The molecule has 162 valence electrons. The molecule has 6 heteroatoms. The highest BCUT2D eigenvalue weighted by Crippen LogP contribution is 2.27. The largest absolute Gasteiger partial charge is 0.485 e. The van der Waals surface area contributed by atoms with Crippen LogP contribution < -0.4 is 15.4 Å². The summed E-state index contributed by atoms with van der Waals surface area (Å²) in [7, 11) is 0. The Kier molecular flexibility index (Phi) is 10.4. The minimum absolute atomic E-state index is 0.0376. The predicted molar refractivity (Wildman–Crippen MR) is 123 cm³/mol. The molecule has 0 aliphatic heterocycles. The van der Waals surface area contributed by atoms with Crippen LogP contribution in [-0.4, -0.2) is 30.7 Å². The van der Waals surface area contributed by atoms with Crippen molar-refractivity contribution in [3.05, 3.63) is 109 Å². The van der Waals surface area contributed by atoms with Crippen molar-refractivity contribution in [2.24, 2.45) is 0 Å². The topological polar surface area (TPSA) is 79.8 Å². The maximum atomic E-state index is 12.2. The summed E-state index contributed by atoms with van der Waals surface area (Å²) >= 11 is 0. The molecule has 0 saturated heterocycles. The fourth-order valence-electron chi connectivity index (χ4n) is 2.54. The summed E-state index contributed by atoms with van der Waals surface area (Å²) in [5, 5.41) is 14.5. The van der Waals surface area contributed by atoms with Gasteiger partial charge in [-0.1, -0.05) is 67.8 Å². The van der Waals surface area contributed by atoms with Gasteiger partial charge >= 0.3 is 0 Å². The molecule has 0 radical (unpaired) electrons. The standard InChI is InChI=1S/C25H28N2O4/c1-3-5-14-24(22(4-2)30-19-20-11-7-6-8-12-20)31-23-15-10-9-13-21(23)27-25(29)18-26-16-17-28/h3-15,26,28H,1-2,16-19H2,(H,27,29)/b14-5-,24-22-. The zero-order chi connectivity index (χ0) is 22.3. The molecule has 0 aliphatic carbocycles. The molecule has 0 fully saturated rings. The lowest BCUT2D eigenvalue weighted by atomic mass is 10.2. The summed E-state index contributed by atoms with van der Waals surface area (Å²) in [6.45, 7) is 8.26. The van der Waals surface area contributed by atoms with Crippen LogP contribution in [0, 0.1) is 0 Å². The van der Waals surface area contributed by atoms with Crippen LogP contribution in [-0.2, 0) is 16.1 Å². The zero-order valence-electron chi connectivity index (χ0n) is 17.4. The highest BCUT2D eigenvalue weighted by molar-refractivity contribution is 5.93.